The number of aromatic nitrogens is 1. The molecule has 0 aliphatic carbocycles. The van der Waals surface area contributed by atoms with Crippen molar-refractivity contribution in [3.63, 3.8) is 0 Å². The van der Waals surface area contributed by atoms with E-state index in [0.29, 0.717) is 11.4 Å². The van der Waals surface area contributed by atoms with Crippen molar-refractivity contribution in [2.24, 2.45) is 4.99 Å². The lowest BCUT2D eigenvalue weighted by molar-refractivity contribution is -0.121. The summed E-state index contributed by atoms with van der Waals surface area (Å²) in [5.41, 5.74) is 2.81. The summed E-state index contributed by atoms with van der Waals surface area (Å²) in [5, 5.41) is 10.0. The number of aliphatic hydroxyl groups is 1. The van der Waals surface area contributed by atoms with Crippen LogP contribution in [0.15, 0.2) is 52.1 Å². The first-order valence-electron chi connectivity index (χ1n) is 7.24. The number of pyridine rings is 1. The van der Waals surface area contributed by atoms with Gasteiger partial charge in [0.1, 0.15) is 0 Å². The van der Waals surface area contributed by atoms with Gasteiger partial charge in [-0.05, 0) is 37.3 Å². The van der Waals surface area contributed by atoms with Gasteiger partial charge in [-0.25, -0.2) is 0 Å². The van der Waals surface area contributed by atoms with Crippen LogP contribution in [-0.4, -0.2) is 40.9 Å². The largest absolute Gasteiger partial charge is 0.391 e. The molecule has 0 unspecified atom stereocenters. The average molecular weight is 374 g/mol. The second kappa shape index (κ2) is 6.22. The van der Waals surface area contributed by atoms with Gasteiger partial charge < -0.3 is 10.0 Å². The standard InChI is InChI=1S/C17H16BrN3O2/c1-10(22)15-17(23)21(2)14-7-6-11(18)9-12(14)16(20-15)13-5-3-4-8-19-13/h3-10,15,22H,1-2H3/t10-,15+/m0/s1. The Morgan fingerprint density at radius 3 is 2.74 bits per heavy atom. The number of aliphatic hydroxyl groups excluding tert-OH is 1. The first-order valence-corrected chi connectivity index (χ1v) is 8.03. The number of aliphatic imine (C=N–C) groups is 1. The van der Waals surface area contributed by atoms with Crippen LogP contribution in [-0.2, 0) is 4.79 Å². The smallest absolute Gasteiger partial charge is 0.254 e. The van der Waals surface area contributed by atoms with Crippen LogP contribution in [0.5, 0.6) is 0 Å². The number of benzodiazepines with no additional fused rings is 1. The molecule has 2 heterocycles. The summed E-state index contributed by atoms with van der Waals surface area (Å²) in [6.07, 6.45) is 0.796. The van der Waals surface area contributed by atoms with Gasteiger partial charge in [-0.1, -0.05) is 22.0 Å². The summed E-state index contributed by atoms with van der Waals surface area (Å²) in [5.74, 6) is -0.241. The van der Waals surface area contributed by atoms with Gasteiger partial charge in [0, 0.05) is 23.3 Å². The quantitative estimate of drug-likeness (QED) is 0.878. The Morgan fingerprint density at radius 2 is 2.09 bits per heavy atom. The van der Waals surface area contributed by atoms with Crippen LogP contribution in [0.3, 0.4) is 0 Å². The molecule has 118 valence electrons. The Kier molecular flexibility index (Phi) is 4.28. The molecule has 0 radical (unpaired) electrons. The zero-order valence-corrected chi connectivity index (χ0v) is 14.4. The van der Waals surface area contributed by atoms with E-state index in [2.05, 4.69) is 25.9 Å². The number of fused-ring (bicyclic) bond motifs is 1. The molecule has 5 nitrogen and oxygen atoms in total. The van der Waals surface area contributed by atoms with Crippen LogP contribution in [0.4, 0.5) is 5.69 Å². The van der Waals surface area contributed by atoms with E-state index < -0.39 is 12.1 Å². The third-order valence-corrected chi connectivity index (χ3v) is 4.28. The van der Waals surface area contributed by atoms with E-state index in [9.17, 15) is 9.90 Å². The molecule has 1 amide bonds. The topological polar surface area (TPSA) is 65.8 Å². The third-order valence-electron chi connectivity index (χ3n) is 3.79. The van der Waals surface area contributed by atoms with Gasteiger partial charge in [0.2, 0.25) is 0 Å². The summed E-state index contributed by atoms with van der Waals surface area (Å²) in [6, 6.07) is 10.3. The van der Waals surface area contributed by atoms with Crippen molar-refractivity contribution in [3.8, 4) is 0 Å². The van der Waals surface area contributed by atoms with Crippen molar-refractivity contribution in [1.82, 2.24) is 4.98 Å². The molecule has 0 saturated heterocycles. The highest BCUT2D eigenvalue weighted by molar-refractivity contribution is 9.10. The Morgan fingerprint density at radius 1 is 1.30 bits per heavy atom. The molecule has 0 fully saturated rings. The first-order chi connectivity index (χ1) is 11.0. The molecule has 0 spiro atoms. The summed E-state index contributed by atoms with van der Waals surface area (Å²) >= 11 is 3.47. The molecule has 2 atom stereocenters. The fourth-order valence-corrected chi connectivity index (χ4v) is 2.95. The summed E-state index contributed by atoms with van der Waals surface area (Å²) < 4.78 is 0.885. The fraction of sp³-hybridized carbons (Fsp3) is 0.235. The van der Waals surface area contributed by atoms with E-state index in [-0.39, 0.29) is 5.91 Å². The zero-order chi connectivity index (χ0) is 16.6. The van der Waals surface area contributed by atoms with Crippen molar-refractivity contribution >= 4 is 33.2 Å². The molecule has 1 N–H and O–H groups in total. The van der Waals surface area contributed by atoms with Gasteiger partial charge in [0.25, 0.3) is 5.91 Å². The van der Waals surface area contributed by atoms with Crippen LogP contribution in [0.2, 0.25) is 0 Å². The average Bonchev–Trinajstić information content (AvgIpc) is 2.64. The molecule has 1 aromatic carbocycles. The number of halogens is 1. The lowest BCUT2D eigenvalue weighted by Gasteiger charge is -2.21. The van der Waals surface area contributed by atoms with E-state index in [4.69, 9.17) is 0 Å². The van der Waals surface area contributed by atoms with Gasteiger partial charge in [-0.15, -0.1) is 0 Å². The number of nitrogens with zero attached hydrogens (tertiary/aromatic N) is 3. The SMILES string of the molecule is C[C@H](O)[C@H]1N=C(c2ccccn2)c2cc(Br)ccc2N(C)C1=O. The second-order valence-electron chi connectivity index (χ2n) is 5.44. The number of anilines is 1. The Hall–Kier alpha value is -2.05. The highest BCUT2D eigenvalue weighted by Crippen LogP contribution is 2.30. The van der Waals surface area contributed by atoms with Crippen LogP contribution in [0.1, 0.15) is 18.2 Å². The maximum atomic E-state index is 12.6. The summed E-state index contributed by atoms with van der Waals surface area (Å²) in [4.78, 5) is 23.1. The zero-order valence-electron chi connectivity index (χ0n) is 12.8. The summed E-state index contributed by atoms with van der Waals surface area (Å²) in [7, 11) is 1.70. The number of amides is 1. The number of hydrogen-bond donors (Lipinski definition) is 1. The second-order valence-corrected chi connectivity index (χ2v) is 6.35. The normalized spacial score (nSPS) is 19.0. The van der Waals surface area contributed by atoms with Crippen molar-refractivity contribution in [2.45, 2.75) is 19.1 Å². The number of benzene rings is 1. The van der Waals surface area contributed by atoms with Gasteiger partial charge in [-0.3, -0.25) is 14.8 Å². The van der Waals surface area contributed by atoms with Gasteiger partial charge in [-0.2, -0.15) is 0 Å². The minimum absolute atomic E-state index is 0.241. The maximum absolute atomic E-state index is 12.6. The predicted molar refractivity (Wildman–Crippen MR) is 92.9 cm³/mol. The minimum atomic E-state index is -0.888. The molecule has 2 aromatic rings. The minimum Gasteiger partial charge on any atom is -0.391 e. The van der Waals surface area contributed by atoms with E-state index in [1.54, 1.807) is 25.1 Å². The molecule has 1 aliphatic rings. The summed E-state index contributed by atoms with van der Waals surface area (Å²) in [6.45, 7) is 1.57. The van der Waals surface area contributed by atoms with Gasteiger partial charge in [0.05, 0.1) is 23.2 Å². The van der Waals surface area contributed by atoms with E-state index >= 15 is 0 Å². The predicted octanol–water partition coefficient (Wildman–Crippen LogP) is 2.41. The molecule has 1 aromatic heterocycles. The molecular formula is C17H16BrN3O2. The van der Waals surface area contributed by atoms with Crippen molar-refractivity contribution < 1.29 is 9.90 Å². The molecule has 0 bridgehead atoms. The number of carbonyl (C=O) groups excluding carboxylic acids is 1. The Balaban J connectivity index is 2.28. The van der Waals surface area contributed by atoms with Crippen molar-refractivity contribution in [3.05, 3.63) is 58.3 Å². The van der Waals surface area contributed by atoms with E-state index in [0.717, 1.165) is 15.7 Å². The van der Waals surface area contributed by atoms with Crippen LogP contribution < -0.4 is 4.90 Å². The molecule has 0 saturated carbocycles. The number of hydrogen-bond acceptors (Lipinski definition) is 4. The molecular weight excluding hydrogens is 358 g/mol. The first kappa shape index (κ1) is 15.8. The van der Waals surface area contributed by atoms with Crippen LogP contribution in [0, 0.1) is 0 Å². The van der Waals surface area contributed by atoms with Crippen molar-refractivity contribution in [2.75, 3.05) is 11.9 Å². The monoisotopic (exact) mass is 373 g/mol. The highest BCUT2D eigenvalue weighted by atomic mass is 79.9. The Labute approximate surface area is 142 Å². The van der Waals surface area contributed by atoms with E-state index in [1.807, 2.05) is 36.4 Å². The van der Waals surface area contributed by atoms with E-state index in [1.165, 1.54) is 0 Å². The Bertz CT molecular complexity index is 775. The number of carbonyl (C=O) groups is 1. The van der Waals surface area contributed by atoms with Gasteiger partial charge in [0.15, 0.2) is 6.04 Å². The number of likely N-dealkylation sites (N-methyl/N-ethyl adjacent to an activating group) is 1. The lowest BCUT2D eigenvalue weighted by Crippen LogP contribution is -2.40. The van der Waals surface area contributed by atoms with Crippen molar-refractivity contribution in [1.29, 1.82) is 0 Å². The molecule has 1 aliphatic heterocycles. The molecule has 23 heavy (non-hydrogen) atoms. The fourth-order valence-electron chi connectivity index (χ4n) is 2.59. The van der Waals surface area contributed by atoms with Crippen LogP contribution in [0.25, 0.3) is 0 Å². The molecule has 6 heteroatoms. The maximum Gasteiger partial charge on any atom is 0.254 e. The highest BCUT2D eigenvalue weighted by Gasteiger charge is 2.33. The van der Waals surface area contributed by atoms with Crippen LogP contribution >= 0.6 is 15.9 Å². The third kappa shape index (κ3) is 2.92. The van der Waals surface area contributed by atoms with Gasteiger partial charge >= 0.3 is 0 Å². The number of rotatable bonds is 2. The lowest BCUT2D eigenvalue weighted by atomic mass is 10.0. The molecule has 3 rings (SSSR count).